The molecule has 0 saturated heterocycles. The molecule has 0 bridgehead atoms. The lowest BCUT2D eigenvalue weighted by atomic mass is 10.1. The van der Waals surface area contributed by atoms with Gasteiger partial charge in [-0.25, -0.2) is 0 Å². The maximum atomic E-state index is 5.74. The Morgan fingerprint density at radius 1 is 1.10 bits per heavy atom. The lowest BCUT2D eigenvalue weighted by Crippen LogP contribution is -2.24. The van der Waals surface area contributed by atoms with Crippen LogP contribution in [0, 0.1) is 6.92 Å². The molecule has 0 saturated carbocycles. The van der Waals surface area contributed by atoms with Gasteiger partial charge in [0.25, 0.3) is 0 Å². The molecule has 1 unspecified atom stereocenters. The van der Waals surface area contributed by atoms with Gasteiger partial charge in [-0.15, -0.1) is 0 Å². The molecule has 2 aromatic carbocycles. The van der Waals surface area contributed by atoms with Crippen molar-refractivity contribution >= 4 is 0 Å². The SMILES string of the molecule is COc1ccccc1C(C)NCCOc1cccc(C)c1. The highest BCUT2D eigenvalue weighted by atomic mass is 16.5. The van der Waals surface area contributed by atoms with E-state index in [-0.39, 0.29) is 6.04 Å². The molecule has 112 valence electrons. The van der Waals surface area contributed by atoms with Crippen LogP contribution in [0.25, 0.3) is 0 Å². The summed E-state index contributed by atoms with van der Waals surface area (Å²) in [6.45, 7) is 5.62. The first-order valence-electron chi connectivity index (χ1n) is 7.26. The van der Waals surface area contributed by atoms with Crippen LogP contribution in [0.2, 0.25) is 0 Å². The molecular weight excluding hydrogens is 262 g/mol. The summed E-state index contributed by atoms with van der Waals surface area (Å²) in [4.78, 5) is 0. The number of ether oxygens (including phenoxy) is 2. The van der Waals surface area contributed by atoms with Gasteiger partial charge in [0.1, 0.15) is 18.1 Å². The van der Waals surface area contributed by atoms with Crippen LogP contribution in [0.15, 0.2) is 48.5 Å². The molecule has 0 aliphatic heterocycles. The molecular formula is C18H23NO2. The number of hydrogen-bond donors (Lipinski definition) is 1. The topological polar surface area (TPSA) is 30.5 Å². The lowest BCUT2D eigenvalue weighted by molar-refractivity contribution is 0.306. The van der Waals surface area contributed by atoms with E-state index in [0.29, 0.717) is 6.61 Å². The molecule has 2 rings (SSSR count). The highest BCUT2D eigenvalue weighted by molar-refractivity contribution is 5.35. The van der Waals surface area contributed by atoms with Crippen LogP contribution in [-0.4, -0.2) is 20.3 Å². The maximum absolute atomic E-state index is 5.74. The molecule has 1 N–H and O–H groups in total. The summed E-state index contributed by atoms with van der Waals surface area (Å²) in [6, 6.07) is 16.4. The Kier molecular flexibility index (Phi) is 5.64. The molecule has 0 spiro atoms. The molecule has 0 fully saturated rings. The van der Waals surface area contributed by atoms with Crippen molar-refractivity contribution in [2.75, 3.05) is 20.3 Å². The van der Waals surface area contributed by atoms with Gasteiger partial charge in [-0.3, -0.25) is 0 Å². The van der Waals surface area contributed by atoms with Gasteiger partial charge in [0.15, 0.2) is 0 Å². The lowest BCUT2D eigenvalue weighted by Gasteiger charge is -2.17. The van der Waals surface area contributed by atoms with E-state index < -0.39 is 0 Å². The molecule has 3 heteroatoms. The van der Waals surface area contributed by atoms with E-state index in [1.54, 1.807) is 7.11 Å². The van der Waals surface area contributed by atoms with Gasteiger partial charge in [-0.05, 0) is 37.6 Å². The summed E-state index contributed by atoms with van der Waals surface area (Å²) in [5.41, 5.74) is 2.37. The summed E-state index contributed by atoms with van der Waals surface area (Å²) < 4.78 is 11.1. The predicted molar refractivity (Wildman–Crippen MR) is 86.1 cm³/mol. The number of hydrogen-bond acceptors (Lipinski definition) is 3. The first-order chi connectivity index (χ1) is 10.2. The molecule has 3 nitrogen and oxygen atoms in total. The third-order valence-electron chi connectivity index (χ3n) is 3.42. The average molecular weight is 285 g/mol. The smallest absolute Gasteiger partial charge is 0.123 e. The first kappa shape index (κ1) is 15.4. The molecule has 0 radical (unpaired) electrons. The largest absolute Gasteiger partial charge is 0.496 e. The van der Waals surface area contributed by atoms with Gasteiger partial charge in [0, 0.05) is 18.2 Å². The Morgan fingerprint density at radius 3 is 2.67 bits per heavy atom. The standard InChI is InChI=1S/C18H23NO2/c1-14-7-6-8-16(13-14)21-12-11-19-15(2)17-9-4-5-10-18(17)20-3/h4-10,13,15,19H,11-12H2,1-3H3. The van der Waals surface area contributed by atoms with Crippen molar-refractivity contribution in [3.05, 3.63) is 59.7 Å². The van der Waals surface area contributed by atoms with Crippen molar-refractivity contribution < 1.29 is 9.47 Å². The monoisotopic (exact) mass is 285 g/mol. The molecule has 1 atom stereocenters. The van der Waals surface area contributed by atoms with Crippen LogP contribution < -0.4 is 14.8 Å². The summed E-state index contributed by atoms with van der Waals surface area (Å²) in [7, 11) is 1.70. The molecule has 0 aliphatic rings. The summed E-state index contributed by atoms with van der Waals surface area (Å²) in [5.74, 6) is 1.83. The number of methoxy groups -OCH3 is 1. The summed E-state index contributed by atoms with van der Waals surface area (Å²) >= 11 is 0. The highest BCUT2D eigenvalue weighted by Gasteiger charge is 2.09. The molecule has 21 heavy (non-hydrogen) atoms. The van der Waals surface area contributed by atoms with Crippen molar-refractivity contribution in [1.82, 2.24) is 5.32 Å². The Morgan fingerprint density at radius 2 is 1.90 bits per heavy atom. The van der Waals surface area contributed by atoms with E-state index in [0.717, 1.165) is 23.6 Å². The van der Waals surface area contributed by atoms with Crippen LogP contribution >= 0.6 is 0 Å². The van der Waals surface area contributed by atoms with E-state index in [4.69, 9.17) is 9.47 Å². The predicted octanol–water partition coefficient (Wildman–Crippen LogP) is 3.73. The zero-order chi connectivity index (χ0) is 15.1. The minimum absolute atomic E-state index is 0.224. The fourth-order valence-electron chi connectivity index (χ4n) is 2.28. The Labute approximate surface area is 126 Å². The number of aryl methyl sites for hydroxylation is 1. The van der Waals surface area contributed by atoms with Gasteiger partial charge in [-0.2, -0.15) is 0 Å². The second-order valence-electron chi connectivity index (χ2n) is 5.08. The number of rotatable bonds is 7. The fourth-order valence-corrected chi connectivity index (χ4v) is 2.28. The third-order valence-corrected chi connectivity index (χ3v) is 3.42. The minimum Gasteiger partial charge on any atom is -0.496 e. The molecule has 0 amide bonds. The van der Waals surface area contributed by atoms with Crippen molar-refractivity contribution in [3.8, 4) is 11.5 Å². The fraction of sp³-hybridized carbons (Fsp3) is 0.333. The van der Waals surface area contributed by atoms with E-state index in [1.807, 2.05) is 36.4 Å². The second-order valence-corrected chi connectivity index (χ2v) is 5.08. The first-order valence-corrected chi connectivity index (χ1v) is 7.26. The highest BCUT2D eigenvalue weighted by Crippen LogP contribution is 2.24. The second kappa shape index (κ2) is 7.70. The van der Waals surface area contributed by atoms with Crippen molar-refractivity contribution in [1.29, 1.82) is 0 Å². The number of nitrogens with one attached hydrogen (secondary N) is 1. The molecule has 2 aromatic rings. The van der Waals surface area contributed by atoms with E-state index in [1.165, 1.54) is 5.56 Å². The Balaban J connectivity index is 1.80. The van der Waals surface area contributed by atoms with Gasteiger partial charge < -0.3 is 14.8 Å². The van der Waals surface area contributed by atoms with E-state index >= 15 is 0 Å². The number of para-hydroxylation sites is 1. The zero-order valence-electron chi connectivity index (χ0n) is 12.9. The van der Waals surface area contributed by atoms with Gasteiger partial charge >= 0.3 is 0 Å². The third kappa shape index (κ3) is 4.50. The summed E-state index contributed by atoms with van der Waals surface area (Å²) in [6.07, 6.45) is 0. The van der Waals surface area contributed by atoms with Crippen LogP contribution in [0.4, 0.5) is 0 Å². The quantitative estimate of drug-likeness (QED) is 0.786. The zero-order valence-corrected chi connectivity index (χ0v) is 12.9. The minimum atomic E-state index is 0.224. The normalized spacial score (nSPS) is 12.0. The van der Waals surface area contributed by atoms with Gasteiger partial charge in [0.2, 0.25) is 0 Å². The van der Waals surface area contributed by atoms with Gasteiger partial charge in [0.05, 0.1) is 7.11 Å². The maximum Gasteiger partial charge on any atom is 0.123 e. The Bertz CT molecular complexity index is 569. The van der Waals surface area contributed by atoms with E-state index in [2.05, 4.69) is 31.3 Å². The molecule has 0 aromatic heterocycles. The van der Waals surface area contributed by atoms with Crippen molar-refractivity contribution in [2.45, 2.75) is 19.9 Å². The molecule has 0 aliphatic carbocycles. The van der Waals surface area contributed by atoms with Crippen LogP contribution in [-0.2, 0) is 0 Å². The van der Waals surface area contributed by atoms with Crippen molar-refractivity contribution in [2.24, 2.45) is 0 Å². The van der Waals surface area contributed by atoms with Crippen LogP contribution in [0.1, 0.15) is 24.1 Å². The summed E-state index contributed by atoms with van der Waals surface area (Å²) in [5, 5.41) is 3.45. The molecule has 0 heterocycles. The van der Waals surface area contributed by atoms with Crippen LogP contribution in [0.5, 0.6) is 11.5 Å². The van der Waals surface area contributed by atoms with E-state index in [9.17, 15) is 0 Å². The van der Waals surface area contributed by atoms with Crippen LogP contribution in [0.3, 0.4) is 0 Å². The Hall–Kier alpha value is -2.00. The van der Waals surface area contributed by atoms with Gasteiger partial charge in [-0.1, -0.05) is 30.3 Å². The van der Waals surface area contributed by atoms with Crippen molar-refractivity contribution in [3.63, 3.8) is 0 Å². The number of benzene rings is 2. The average Bonchev–Trinajstić information content (AvgIpc) is 2.51.